The minimum atomic E-state index is 0.124. The van der Waals surface area contributed by atoms with Crippen LogP contribution in [0.1, 0.15) is 18.4 Å². The number of hydrogen-bond acceptors (Lipinski definition) is 2. The monoisotopic (exact) mass is 204 g/mol. The summed E-state index contributed by atoms with van der Waals surface area (Å²) in [6.07, 6.45) is 2.56. The Morgan fingerprint density at radius 1 is 1.33 bits per heavy atom. The van der Waals surface area contributed by atoms with E-state index in [1.807, 2.05) is 30.3 Å². The average molecular weight is 204 g/mol. The molecule has 0 saturated carbocycles. The fourth-order valence-electron chi connectivity index (χ4n) is 1.94. The minimum absolute atomic E-state index is 0.124. The fourth-order valence-corrected chi connectivity index (χ4v) is 1.94. The zero-order valence-electron chi connectivity index (χ0n) is 8.82. The molecule has 0 radical (unpaired) electrons. The van der Waals surface area contributed by atoms with E-state index in [9.17, 15) is 4.79 Å². The third-order valence-electron chi connectivity index (χ3n) is 2.84. The van der Waals surface area contributed by atoms with Crippen LogP contribution < -0.4 is 0 Å². The lowest BCUT2D eigenvalue weighted by atomic mass is 9.93. The van der Waals surface area contributed by atoms with Crippen LogP contribution in [0, 0.1) is 5.92 Å². The number of benzene rings is 1. The highest BCUT2D eigenvalue weighted by molar-refractivity contribution is 5.83. The van der Waals surface area contributed by atoms with Gasteiger partial charge in [-0.25, -0.2) is 0 Å². The van der Waals surface area contributed by atoms with E-state index in [1.165, 1.54) is 0 Å². The fraction of sp³-hybridized carbons (Fsp3) is 0.462. The maximum Gasteiger partial charge on any atom is 0.142 e. The smallest absolute Gasteiger partial charge is 0.142 e. The zero-order chi connectivity index (χ0) is 10.5. The summed E-state index contributed by atoms with van der Waals surface area (Å²) in [4.78, 5) is 11.9. The molecule has 1 fully saturated rings. The number of ketones is 1. The summed E-state index contributed by atoms with van der Waals surface area (Å²) in [6, 6.07) is 9.92. The van der Waals surface area contributed by atoms with Gasteiger partial charge in [-0.15, -0.1) is 0 Å². The summed E-state index contributed by atoms with van der Waals surface area (Å²) >= 11 is 0. The third-order valence-corrected chi connectivity index (χ3v) is 2.84. The van der Waals surface area contributed by atoms with Crippen molar-refractivity contribution in [2.45, 2.75) is 19.3 Å². The van der Waals surface area contributed by atoms with E-state index < -0.39 is 0 Å². The van der Waals surface area contributed by atoms with Gasteiger partial charge in [0.25, 0.3) is 0 Å². The second-order valence-electron chi connectivity index (χ2n) is 4.04. The van der Waals surface area contributed by atoms with E-state index >= 15 is 0 Å². The van der Waals surface area contributed by atoms with Crippen LogP contribution in [0.2, 0.25) is 0 Å². The molecule has 1 atom stereocenters. The van der Waals surface area contributed by atoms with Gasteiger partial charge < -0.3 is 4.74 Å². The molecule has 1 unspecified atom stereocenters. The van der Waals surface area contributed by atoms with Crippen LogP contribution in [-0.4, -0.2) is 19.0 Å². The molecule has 1 heterocycles. The molecule has 0 N–H and O–H groups in total. The van der Waals surface area contributed by atoms with Crippen LogP contribution in [-0.2, 0) is 16.0 Å². The van der Waals surface area contributed by atoms with E-state index in [0.29, 0.717) is 18.8 Å². The molecular formula is C13H16O2. The van der Waals surface area contributed by atoms with Crippen molar-refractivity contribution in [1.29, 1.82) is 0 Å². The molecular weight excluding hydrogens is 188 g/mol. The Labute approximate surface area is 90.3 Å². The van der Waals surface area contributed by atoms with Gasteiger partial charge in [0.15, 0.2) is 0 Å². The zero-order valence-corrected chi connectivity index (χ0v) is 8.82. The molecule has 1 aromatic rings. The van der Waals surface area contributed by atoms with E-state index in [4.69, 9.17) is 4.74 Å². The Bertz CT molecular complexity index is 313. The lowest BCUT2D eigenvalue weighted by molar-refractivity contribution is -0.126. The van der Waals surface area contributed by atoms with Crippen LogP contribution in [0.4, 0.5) is 0 Å². The highest BCUT2D eigenvalue weighted by Crippen LogP contribution is 2.16. The predicted molar refractivity (Wildman–Crippen MR) is 58.7 cm³/mol. The summed E-state index contributed by atoms with van der Waals surface area (Å²) in [7, 11) is 0. The summed E-state index contributed by atoms with van der Waals surface area (Å²) < 4.78 is 5.32. The summed E-state index contributed by atoms with van der Waals surface area (Å²) in [6.45, 7) is 1.43. The SMILES string of the molecule is O=C(Cc1ccccc1)C1CCCOC1. The standard InChI is InChI=1S/C13H16O2/c14-13(12-7-4-8-15-10-12)9-11-5-2-1-3-6-11/h1-3,5-6,12H,4,7-10H2. The first-order chi connectivity index (χ1) is 7.36. The van der Waals surface area contributed by atoms with Crippen LogP contribution >= 0.6 is 0 Å². The van der Waals surface area contributed by atoms with E-state index in [0.717, 1.165) is 25.0 Å². The molecule has 80 valence electrons. The molecule has 15 heavy (non-hydrogen) atoms. The predicted octanol–water partition coefficient (Wildman–Crippen LogP) is 2.22. The van der Waals surface area contributed by atoms with Crippen molar-refractivity contribution in [3.63, 3.8) is 0 Å². The lowest BCUT2D eigenvalue weighted by Gasteiger charge is -2.20. The maximum atomic E-state index is 11.9. The Balaban J connectivity index is 1.91. The quantitative estimate of drug-likeness (QED) is 0.754. The van der Waals surface area contributed by atoms with Crippen LogP contribution in [0.25, 0.3) is 0 Å². The van der Waals surface area contributed by atoms with Gasteiger partial charge >= 0.3 is 0 Å². The average Bonchev–Trinajstić information content (AvgIpc) is 2.31. The largest absolute Gasteiger partial charge is 0.381 e. The minimum Gasteiger partial charge on any atom is -0.381 e. The van der Waals surface area contributed by atoms with E-state index in [2.05, 4.69) is 0 Å². The van der Waals surface area contributed by atoms with Crippen LogP contribution in [0.5, 0.6) is 0 Å². The molecule has 2 rings (SSSR count). The van der Waals surface area contributed by atoms with Gasteiger partial charge in [0.1, 0.15) is 5.78 Å². The first-order valence-corrected chi connectivity index (χ1v) is 5.50. The number of rotatable bonds is 3. The molecule has 2 heteroatoms. The van der Waals surface area contributed by atoms with Gasteiger partial charge in [-0.3, -0.25) is 4.79 Å². The Hall–Kier alpha value is -1.15. The molecule has 2 nitrogen and oxygen atoms in total. The lowest BCUT2D eigenvalue weighted by Crippen LogP contribution is -2.26. The van der Waals surface area contributed by atoms with Crippen molar-refractivity contribution in [2.24, 2.45) is 5.92 Å². The normalized spacial score (nSPS) is 21.2. The highest BCUT2D eigenvalue weighted by atomic mass is 16.5. The van der Waals surface area contributed by atoms with Crippen molar-refractivity contribution < 1.29 is 9.53 Å². The van der Waals surface area contributed by atoms with Crippen molar-refractivity contribution in [2.75, 3.05) is 13.2 Å². The van der Waals surface area contributed by atoms with Gasteiger partial charge in [0.2, 0.25) is 0 Å². The maximum absolute atomic E-state index is 11.9. The topological polar surface area (TPSA) is 26.3 Å². The summed E-state index contributed by atoms with van der Waals surface area (Å²) in [5, 5.41) is 0. The third kappa shape index (κ3) is 2.90. The van der Waals surface area contributed by atoms with Crippen LogP contribution in [0.15, 0.2) is 30.3 Å². The number of carbonyl (C=O) groups is 1. The summed E-state index contributed by atoms with van der Waals surface area (Å²) in [5.41, 5.74) is 1.10. The summed E-state index contributed by atoms with van der Waals surface area (Å²) in [5.74, 6) is 0.444. The van der Waals surface area contributed by atoms with Crippen molar-refractivity contribution in [3.05, 3.63) is 35.9 Å². The number of Topliss-reactive ketones (excluding diaryl/α,β-unsaturated/α-hetero) is 1. The molecule has 1 aliphatic heterocycles. The van der Waals surface area contributed by atoms with Gasteiger partial charge in [-0.1, -0.05) is 30.3 Å². The van der Waals surface area contributed by atoms with E-state index in [-0.39, 0.29) is 5.92 Å². The second kappa shape index (κ2) is 5.08. The Morgan fingerprint density at radius 2 is 2.13 bits per heavy atom. The molecule has 0 aromatic heterocycles. The highest BCUT2D eigenvalue weighted by Gasteiger charge is 2.21. The molecule has 0 bridgehead atoms. The second-order valence-corrected chi connectivity index (χ2v) is 4.04. The van der Waals surface area contributed by atoms with Crippen molar-refractivity contribution in [3.8, 4) is 0 Å². The van der Waals surface area contributed by atoms with Crippen molar-refractivity contribution >= 4 is 5.78 Å². The van der Waals surface area contributed by atoms with E-state index in [1.54, 1.807) is 0 Å². The molecule has 1 saturated heterocycles. The van der Waals surface area contributed by atoms with Gasteiger partial charge in [-0.2, -0.15) is 0 Å². The van der Waals surface area contributed by atoms with Gasteiger partial charge in [0.05, 0.1) is 6.61 Å². The first-order valence-electron chi connectivity index (χ1n) is 5.50. The van der Waals surface area contributed by atoms with Crippen LogP contribution in [0.3, 0.4) is 0 Å². The Kier molecular flexibility index (Phi) is 3.51. The number of ether oxygens (including phenoxy) is 1. The van der Waals surface area contributed by atoms with Crippen molar-refractivity contribution in [1.82, 2.24) is 0 Å². The first kappa shape index (κ1) is 10.4. The molecule has 0 spiro atoms. The number of hydrogen-bond donors (Lipinski definition) is 0. The number of carbonyl (C=O) groups excluding carboxylic acids is 1. The Morgan fingerprint density at radius 3 is 2.80 bits per heavy atom. The molecule has 1 aromatic carbocycles. The molecule has 0 aliphatic carbocycles. The van der Waals surface area contributed by atoms with Gasteiger partial charge in [0, 0.05) is 18.9 Å². The molecule has 0 amide bonds. The van der Waals surface area contributed by atoms with Gasteiger partial charge in [-0.05, 0) is 18.4 Å². The molecule has 1 aliphatic rings.